The van der Waals surface area contributed by atoms with Crippen molar-refractivity contribution in [3.63, 3.8) is 0 Å². The van der Waals surface area contributed by atoms with Crippen LogP contribution >= 0.6 is 0 Å². The van der Waals surface area contributed by atoms with E-state index in [2.05, 4.69) is 50.3 Å². The van der Waals surface area contributed by atoms with Gasteiger partial charge < -0.3 is 4.74 Å². The summed E-state index contributed by atoms with van der Waals surface area (Å²) < 4.78 is 5.56. The van der Waals surface area contributed by atoms with E-state index < -0.39 is 0 Å². The van der Waals surface area contributed by atoms with Crippen molar-refractivity contribution in [2.75, 3.05) is 0 Å². The Bertz CT molecular complexity index is 851. The molecule has 0 unspecified atom stereocenters. The molecule has 1 fully saturated rings. The fourth-order valence-electron chi connectivity index (χ4n) is 4.19. The predicted molar refractivity (Wildman–Crippen MR) is 131 cm³/mol. The van der Waals surface area contributed by atoms with E-state index in [1.54, 1.807) is 0 Å². The van der Waals surface area contributed by atoms with Crippen LogP contribution < -0.4 is 4.74 Å². The van der Waals surface area contributed by atoms with Crippen LogP contribution in [0, 0.1) is 5.92 Å². The summed E-state index contributed by atoms with van der Waals surface area (Å²) in [4.78, 5) is 12.5. The van der Waals surface area contributed by atoms with Crippen LogP contribution in [0.2, 0.25) is 0 Å². The van der Waals surface area contributed by atoms with Gasteiger partial charge in [-0.15, -0.1) is 0 Å². The SMILES string of the molecule is CCC/C=C/c1ccc(OC(=O)c2ccc([C@H]3CC[C@H](/C=C/CCC)CC3)cc2)cc1. The second-order valence-corrected chi connectivity index (χ2v) is 8.60. The fourth-order valence-corrected chi connectivity index (χ4v) is 4.19. The molecule has 0 spiro atoms. The van der Waals surface area contributed by atoms with Gasteiger partial charge in [-0.3, -0.25) is 0 Å². The molecule has 2 aromatic carbocycles. The first kappa shape index (κ1) is 23.1. The number of ether oxygens (including phenoxy) is 1. The Kier molecular flexibility index (Phi) is 9.15. The van der Waals surface area contributed by atoms with Crippen molar-refractivity contribution in [3.05, 3.63) is 83.4 Å². The standard InChI is InChI=1S/C29H36O2/c1-3-5-7-9-23-11-15-25(16-12-23)26-17-19-27(20-18-26)29(30)31-28-21-13-24(14-22-28)10-8-6-4-2/h7-10,13-14,17-23,25H,3-6,11-12,15-16H2,1-2H3/b9-7+,10-8+/t23-,25-. The minimum absolute atomic E-state index is 0.300. The number of carbonyl (C=O) groups excluding carboxylic acids is 1. The molecule has 2 heteroatoms. The molecule has 164 valence electrons. The van der Waals surface area contributed by atoms with Crippen molar-refractivity contribution >= 4 is 12.0 Å². The lowest BCUT2D eigenvalue weighted by atomic mass is 9.78. The maximum Gasteiger partial charge on any atom is 0.343 e. The molecule has 0 radical (unpaired) electrons. The normalized spacial score (nSPS) is 19.2. The van der Waals surface area contributed by atoms with Gasteiger partial charge in [-0.1, -0.05) is 75.3 Å². The number of hydrogen-bond acceptors (Lipinski definition) is 2. The summed E-state index contributed by atoms with van der Waals surface area (Å²) in [7, 11) is 0. The summed E-state index contributed by atoms with van der Waals surface area (Å²) in [5.74, 6) is 1.63. The largest absolute Gasteiger partial charge is 0.423 e. The quantitative estimate of drug-likeness (QED) is 0.233. The van der Waals surface area contributed by atoms with Gasteiger partial charge in [0.05, 0.1) is 5.56 Å². The van der Waals surface area contributed by atoms with Crippen LogP contribution in [0.1, 0.15) is 92.6 Å². The highest BCUT2D eigenvalue weighted by Gasteiger charge is 2.21. The minimum atomic E-state index is -0.300. The van der Waals surface area contributed by atoms with Gasteiger partial charge in [0.25, 0.3) is 0 Å². The Balaban J connectivity index is 1.51. The van der Waals surface area contributed by atoms with Crippen LogP contribution in [-0.2, 0) is 0 Å². The molecule has 1 aliphatic rings. The number of carbonyl (C=O) groups is 1. The van der Waals surface area contributed by atoms with E-state index in [-0.39, 0.29) is 5.97 Å². The maximum absolute atomic E-state index is 12.5. The average molecular weight is 417 g/mol. The number of unbranched alkanes of at least 4 members (excludes halogenated alkanes) is 2. The lowest BCUT2D eigenvalue weighted by Crippen LogP contribution is -2.12. The van der Waals surface area contributed by atoms with E-state index in [4.69, 9.17) is 4.74 Å². The molecule has 0 N–H and O–H groups in total. The van der Waals surface area contributed by atoms with Crippen molar-refractivity contribution < 1.29 is 9.53 Å². The summed E-state index contributed by atoms with van der Waals surface area (Å²) in [6, 6.07) is 15.7. The first-order valence-electron chi connectivity index (χ1n) is 11.9. The van der Waals surface area contributed by atoms with Crippen LogP contribution in [0.4, 0.5) is 0 Å². The third-order valence-corrected chi connectivity index (χ3v) is 6.11. The Morgan fingerprint density at radius 2 is 1.52 bits per heavy atom. The molecule has 1 aliphatic carbocycles. The zero-order valence-electron chi connectivity index (χ0n) is 19.1. The van der Waals surface area contributed by atoms with Crippen molar-refractivity contribution in [1.29, 1.82) is 0 Å². The van der Waals surface area contributed by atoms with E-state index in [1.807, 2.05) is 36.4 Å². The van der Waals surface area contributed by atoms with Gasteiger partial charge in [-0.25, -0.2) is 4.79 Å². The van der Waals surface area contributed by atoms with Crippen molar-refractivity contribution in [2.45, 2.75) is 71.1 Å². The zero-order chi connectivity index (χ0) is 21.9. The predicted octanol–water partition coefficient (Wildman–Crippen LogP) is 8.35. The Morgan fingerprint density at radius 3 is 2.16 bits per heavy atom. The summed E-state index contributed by atoms with van der Waals surface area (Å²) in [6.45, 7) is 4.39. The van der Waals surface area contributed by atoms with Crippen molar-refractivity contribution in [3.8, 4) is 5.75 Å². The second-order valence-electron chi connectivity index (χ2n) is 8.60. The number of benzene rings is 2. The van der Waals surface area contributed by atoms with Gasteiger partial charge in [-0.2, -0.15) is 0 Å². The van der Waals surface area contributed by atoms with Gasteiger partial charge in [0, 0.05) is 0 Å². The van der Waals surface area contributed by atoms with Crippen molar-refractivity contribution in [2.24, 2.45) is 5.92 Å². The number of allylic oxidation sites excluding steroid dienone is 3. The van der Waals surface area contributed by atoms with Gasteiger partial charge in [0.15, 0.2) is 0 Å². The molecule has 0 heterocycles. The molecule has 2 nitrogen and oxygen atoms in total. The van der Waals surface area contributed by atoms with Crippen LogP contribution in [0.25, 0.3) is 6.08 Å². The molecule has 0 bridgehead atoms. The first-order valence-corrected chi connectivity index (χ1v) is 11.9. The van der Waals surface area contributed by atoms with Gasteiger partial charge in [-0.05, 0) is 85.8 Å². The number of esters is 1. The smallest absolute Gasteiger partial charge is 0.343 e. The second kappa shape index (κ2) is 12.3. The van der Waals surface area contributed by atoms with E-state index in [0.29, 0.717) is 17.2 Å². The highest BCUT2D eigenvalue weighted by molar-refractivity contribution is 5.91. The van der Waals surface area contributed by atoms with Crippen LogP contribution in [0.3, 0.4) is 0 Å². The molecule has 31 heavy (non-hydrogen) atoms. The molecule has 2 aromatic rings. The third kappa shape index (κ3) is 7.24. The summed E-state index contributed by atoms with van der Waals surface area (Å²) in [6.07, 6.45) is 18.6. The number of hydrogen-bond donors (Lipinski definition) is 0. The zero-order valence-corrected chi connectivity index (χ0v) is 19.1. The Morgan fingerprint density at radius 1 is 0.871 bits per heavy atom. The van der Waals surface area contributed by atoms with Crippen LogP contribution in [0.15, 0.2) is 66.8 Å². The topological polar surface area (TPSA) is 26.3 Å². The molecule has 0 aliphatic heterocycles. The lowest BCUT2D eigenvalue weighted by Gasteiger charge is -2.27. The number of rotatable bonds is 9. The molecular weight excluding hydrogens is 380 g/mol. The highest BCUT2D eigenvalue weighted by Crippen LogP contribution is 2.36. The minimum Gasteiger partial charge on any atom is -0.423 e. The molecular formula is C29H36O2. The molecule has 0 saturated heterocycles. The third-order valence-electron chi connectivity index (χ3n) is 6.11. The summed E-state index contributed by atoms with van der Waals surface area (Å²) in [5.41, 5.74) is 3.07. The summed E-state index contributed by atoms with van der Waals surface area (Å²) in [5, 5.41) is 0. The molecule has 0 atom stereocenters. The monoisotopic (exact) mass is 416 g/mol. The molecule has 3 rings (SSSR count). The Hall–Kier alpha value is -2.61. The van der Waals surface area contributed by atoms with Gasteiger partial charge in [0.1, 0.15) is 5.75 Å². The Labute approximate surface area is 188 Å². The van der Waals surface area contributed by atoms with Gasteiger partial charge in [0.2, 0.25) is 0 Å². The molecule has 1 saturated carbocycles. The van der Waals surface area contributed by atoms with Crippen molar-refractivity contribution in [1.82, 2.24) is 0 Å². The average Bonchev–Trinajstić information content (AvgIpc) is 2.81. The highest BCUT2D eigenvalue weighted by atomic mass is 16.5. The molecule has 0 aromatic heterocycles. The first-order chi connectivity index (χ1) is 15.2. The van der Waals surface area contributed by atoms with E-state index in [9.17, 15) is 4.79 Å². The fraction of sp³-hybridized carbons (Fsp3) is 0.414. The molecule has 0 amide bonds. The van der Waals surface area contributed by atoms with E-state index in [0.717, 1.165) is 24.3 Å². The summed E-state index contributed by atoms with van der Waals surface area (Å²) >= 11 is 0. The van der Waals surface area contributed by atoms with E-state index >= 15 is 0 Å². The van der Waals surface area contributed by atoms with Gasteiger partial charge >= 0.3 is 5.97 Å². The van der Waals surface area contributed by atoms with E-state index in [1.165, 1.54) is 44.1 Å². The maximum atomic E-state index is 12.5. The lowest BCUT2D eigenvalue weighted by molar-refractivity contribution is 0.0734. The van der Waals surface area contributed by atoms with Crippen LogP contribution in [0.5, 0.6) is 5.75 Å². The van der Waals surface area contributed by atoms with Crippen LogP contribution in [-0.4, -0.2) is 5.97 Å².